The van der Waals surface area contributed by atoms with Gasteiger partial charge in [0.05, 0.1) is 12.4 Å². The average molecular weight is 423 g/mol. The Hall–Kier alpha value is -2.49. The van der Waals surface area contributed by atoms with Gasteiger partial charge < -0.3 is 4.74 Å². The molecule has 2 aromatic rings. The number of esters is 1. The Labute approximate surface area is 188 Å². The van der Waals surface area contributed by atoms with E-state index in [9.17, 15) is 4.79 Å². The molecule has 1 heterocycles. The van der Waals surface area contributed by atoms with Crippen LogP contribution >= 0.6 is 0 Å². The molecule has 31 heavy (non-hydrogen) atoms. The standard InChI is InChI=1S/C27H38N2O2/c1-3-5-7-9-10-12-14-16-26(30)31-25-21-28-27(29-22-25)24-19-17-23(18-20-24)15-13-11-8-6-4-2/h14,16-22H,3-13,15H2,1-2H3/b16-14+. The highest BCUT2D eigenvalue weighted by Crippen LogP contribution is 2.19. The van der Waals surface area contributed by atoms with Crippen molar-refractivity contribution in [3.05, 3.63) is 54.4 Å². The molecular weight excluding hydrogens is 384 g/mol. The molecule has 0 atom stereocenters. The average Bonchev–Trinajstić information content (AvgIpc) is 2.79. The fourth-order valence-electron chi connectivity index (χ4n) is 3.47. The molecule has 168 valence electrons. The number of hydrogen-bond acceptors (Lipinski definition) is 4. The molecule has 0 amide bonds. The summed E-state index contributed by atoms with van der Waals surface area (Å²) in [5, 5.41) is 0. The molecule has 0 N–H and O–H groups in total. The lowest BCUT2D eigenvalue weighted by Crippen LogP contribution is -2.04. The van der Waals surface area contributed by atoms with Crippen molar-refractivity contribution in [2.75, 3.05) is 0 Å². The van der Waals surface area contributed by atoms with Gasteiger partial charge in [0.15, 0.2) is 11.6 Å². The van der Waals surface area contributed by atoms with Gasteiger partial charge in [0, 0.05) is 11.6 Å². The molecule has 0 spiro atoms. The van der Waals surface area contributed by atoms with Crippen LogP contribution < -0.4 is 4.74 Å². The maximum absolute atomic E-state index is 11.9. The molecule has 0 unspecified atom stereocenters. The van der Waals surface area contributed by atoms with Crippen LogP contribution in [-0.4, -0.2) is 15.9 Å². The van der Waals surface area contributed by atoms with Crippen LogP contribution in [0.2, 0.25) is 0 Å². The highest BCUT2D eigenvalue weighted by atomic mass is 16.5. The number of ether oxygens (including phenoxy) is 1. The molecule has 1 aromatic heterocycles. The number of carbonyl (C=O) groups is 1. The summed E-state index contributed by atoms with van der Waals surface area (Å²) in [4.78, 5) is 20.6. The minimum atomic E-state index is -0.381. The molecule has 0 bridgehead atoms. The zero-order valence-electron chi connectivity index (χ0n) is 19.3. The van der Waals surface area contributed by atoms with Crippen molar-refractivity contribution in [1.29, 1.82) is 0 Å². The fraction of sp³-hybridized carbons (Fsp3) is 0.519. The van der Waals surface area contributed by atoms with E-state index in [1.54, 1.807) is 12.4 Å². The first-order valence-corrected chi connectivity index (χ1v) is 12.0. The van der Waals surface area contributed by atoms with Crippen LogP contribution in [0.15, 0.2) is 48.8 Å². The van der Waals surface area contributed by atoms with E-state index in [1.807, 2.05) is 6.08 Å². The number of unbranched alkanes of at least 4 members (excludes halogenated alkanes) is 9. The third-order valence-corrected chi connectivity index (χ3v) is 5.36. The quantitative estimate of drug-likeness (QED) is 0.170. The van der Waals surface area contributed by atoms with E-state index >= 15 is 0 Å². The zero-order valence-corrected chi connectivity index (χ0v) is 19.3. The molecule has 0 aliphatic rings. The molecule has 0 aliphatic carbocycles. The van der Waals surface area contributed by atoms with Crippen LogP contribution in [0.1, 0.15) is 90.0 Å². The van der Waals surface area contributed by atoms with Crippen molar-refractivity contribution < 1.29 is 9.53 Å². The largest absolute Gasteiger partial charge is 0.420 e. The zero-order chi connectivity index (χ0) is 22.2. The summed E-state index contributed by atoms with van der Waals surface area (Å²) in [6.45, 7) is 4.45. The summed E-state index contributed by atoms with van der Waals surface area (Å²) in [6.07, 6.45) is 21.1. The van der Waals surface area contributed by atoms with Crippen molar-refractivity contribution >= 4 is 5.97 Å². The van der Waals surface area contributed by atoms with Gasteiger partial charge in [-0.3, -0.25) is 0 Å². The summed E-state index contributed by atoms with van der Waals surface area (Å²) < 4.78 is 5.29. The lowest BCUT2D eigenvalue weighted by atomic mass is 10.0. The van der Waals surface area contributed by atoms with E-state index < -0.39 is 0 Å². The van der Waals surface area contributed by atoms with E-state index in [-0.39, 0.29) is 5.97 Å². The van der Waals surface area contributed by atoms with Gasteiger partial charge in [-0.15, -0.1) is 0 Å². The minimum absolute atomic E-state index is 0.366. The first-order valence-electron chi connectivity index (χ1n) is 12.0. The SMILES string of the molecule is CCCCCCC/C=C/C(=O)Oc1cnc(-c2ccc(CCCCCCC)cc2)nc1. The number of carbonyl (C=O) groups excluding carboxylic acids is 1. The second-order valence-corrected chi connectivity index (χ2v) is 8.13. The Balaban J connectivity index is 1.75. The number of aromatic nitrogens is 2. The molecule has 4 nitrogen and oxygen atoms in total. The molecule has 1 aromatic carbocycles. The van der Waals surface area contributed by atoms with Crippen LogP contribution in [0.4, 0.5) is 0 Å². The molecule has 0 saturated heterocycles. The maximum Gasteiger partial charge on any atom is 0.335 e. The molecule has 4 heteroatoms. The first kappa shape index (κ1) is 24.8. The predicted molar refractivity (Wildman–Crippen MR) is 128 cm³/mol. The Morgan fingerprint density at radius 3 is 2.10 bits per heavy atom. The third-order valence-electron chi connectivity index (χ3n) is 5.36. The number of rotatable bonds is 15. The van der Waals surface area contributed by atoms with Gasteiger partial charge >= 0.3 is 5.97 Å². The predicted octanol–water partition coefficient (Wildman–Crippen LogP) is 7.48. The third kappa shape index (κ3) is 10.4. The van der Waals surface area contributed by atoms with Crippen molar-refractivity contribution in [2.24, 2.45) is 0 Å². The summed E-state index contributed by atoms with van der Waals surface area (Å²) in [6, 6.07) is 8.43. The Kier molecular flexibility index (Phi) is 12.3. The van der Waals surface area contributed by atoms with E-state index in [2.05, 4.69) is 48.1 Å². The van der Waals surface area contributed by atoms with Crippen molar-refractivity contribution in [3.63, 3.8) is 0 Å². The molecule has 0 fully saturated rings. The lowest BCUT2D eigenvalue weighted by molar-refractivity contribution is -0.129. The molecule has 0 saturated carbocycles. The Morgan fingerprint density at radius 1 is 0.839 bits per heavy atom. The van der Waals surface area contributed by atoms with Gasteiger partial charge in [0.1, 0.15) is 0 Å². The van der Waals surface area contributed by atoms with Crippen LogP contribution in [0.3, 0.4) is 0 Å². The summed E-state index contributed by atoms with van der Waals surface area (Å²) in [5.74, 6) is 0.621. The van der Waals surface area contributed by atoms with Crippen molar-refractivity contribution in [1.82, 2.24) is 9.97 Å². The highest BCUT2D eigenvalue weighted by Gasteiger charge is 2.05. The van der Waals surface area contributed by atoms with Gasteiger partial charge in [0.25, 0.3) is 0 Å². The van der Waals surface area contributed by atoms with E-state index in [0.717, 1.165) is 24.8 Å². The molecular formula is C27H38N2O2. The minimum Gasteiger partial charge on any atom is -0.420 e. The van der Waals surface area contributed by atoms with E-state index in [1.165, 1.54) is 69.4 Å². The summed E-state index contributed by atoms with van der Waals surface area (Å²) in [5.41, 5.74) is 2.32. The van der Waals surface area contributed by atoms with Gasteiger partial charge in [-0.25, -0.2) is 14.8 Å². The molecule has 0 radical (unpaired) electrons. The van der Waals surface area contributed by atoms with Crippen LogP contribution in [0.25, 0.3) is 11.4 Å². The van der Waals surface area contributed by atoms with Crippen LogP contribution in [0, 0.1) is 0 Å². The fourth-order valence-corrected chi connectivity index (χ4v) is 3.47. The number of allylic oxidation sites excluding steroid dienone is 1. The smallest absolute Gasteiger partial charge is 0.335 e. The van der Waals surface area contributed by atoms with Gasteiger partial charge in [-0.05, 0) is 31.2 Å². The highest BCUT2D eigenvalue weighted by molar-refractivity contribution is 5.83. The lowest BCUT2D eigenvalue weighted by Gasteiger charge is -2.05. The molecule has 2 rings (SSSR count). The second kappa shape index (κ2) is 15.3. The number of aryl methyl sites for hydroxylation is 1. The normalized spacial score (nSPS) is 11.2. The van der Waals surface area contributed by atoms with E-state index in [4.69, 9.17) is 4.74 Å². The monoisotopic (exact) mass is 422 g/mol. The second-order valence-electron chi connectivity index (χ2n) is 8.13. The van der Waals surface area contributed by atoms with Gasteiger partial charge in [-0.2, -0.15) is 0 Å². The number of hydrogen-bond donors (Lipinski definition) is 0. The van der Waals surface area contributed by atoms with Gasteiger partial charge in [0.2, 0.25) is 0 Å². The maximum atomic E-state index is 11.9. The topological polar surface area (TPSA) is 52.1 Å². The van der Waals surface area contributed by atoms with Crippen molar-refractivity contribution in [2.45, 2.75) is 90.9 Å². The number of benzene rings is 1. The first-order chi connectivity index (χ1) is 15.2. The Bertz CT molecular complexity index is 767. The molecule has 0 aliphatic heterocycles. The summed E-state index contributed by atoms with van der Waals surface area (Å²) in [7, 11) is 0. The van der Waals surface area contributed by atoms with Gasteiger partial charge in [-0.1, -0.05) is 95.6 Å². The number of nitrogens with zero attached hydrogens (tertiary/aromatic N) is 2. The van der Waals surface area contributed by atoms with Crippen LogP contribution in [-0.2, 0) is 11.2 Å². The van der Waals surface area contributed by atoms with E-state index in [0.29, 0.717) is 11.6 Å². The van der Waals surface area contributed by atoms with Crippen molar-refractivity contribution in [3.8, 4) is 17.1 Å². The summed E-state index contributed by atoms with van der Waals surface area (Å²) >= 11 is 0. The van der Waals surface area contributed by atoms with Crippen LogP contribution in [0.5, 0.6) is 5.75 Å². The Morgan fingerprint density at radius 2 is 1.45 bits per heavy atom.